The molecule has 2 aromatic heterocycles. The molecule has 24 heavy (non-hydrogen) atoms. The number of nitrogens with one attached hydrogen (secondary N) is 1. The van der Waals surface area contributed by atoms with Gasteiger partial charge in [0.2, 0.25) is 0 Å². The molecule has 1 aromatic carbocycles. The Morgan fingerprint density at radius 3 is 2.75 bits per heavy atom. The third kappa shape index (κ3) is 2.98. The number of para-hydroxylation sites is 1. The Morgan fingerprint density at radius 1 is 1.29 bits per heavy atom. The molecule has 0 bridgehead atoms. The molecular weight excluding hydrogens is 326 g/mol. The van der Waals surface area contributed by atoms with Crippen LogP contribution < -0.4 is 5.32 Å². The Balaban J connectivity index is 2.02. The normalized spacial score (nSPS) is 12.1. The first-order valence-corrected chi connectivity index (χ1v) is 8.20. The molecule has 2 heterocycles. The molecule has 1 amide bonds. The fourth-order valence-corrected chi connectivity index (χ4v) is 3.12. The Hall–Kier alpha value is -2.80. The van der Waals surface area contributed by atoms with Gasteiger partial charge in [0.25, 0.3) is 5.91 Å². The molecule has 0 saturated carbocycles. The summed E-state index contributed by atoms with van der Waals surface area (Å²) in [7, 11) is 0. The van der Waals surface area contributed by atoms with E-state index in [1.54, 1.807) is 18.4 Å². The highest BCUT2D eigenvalue weighted by Gasteiger charge is 2.25. The van der Waals surface area contributed by atoms with Gasteiger partial charge in [-0.1, -0.05) is 18.2 Å². The van der Waals surface area contributed by atoms with Gasteiger partial charge >= 0.3 is 5.97 Å². The number of carbonyl (C=O) groups is 2. The van der Waals surface area contributed by atoms with Gasteiger partial charge in [-0.2, -0.15) is 0 Å². The molecule has 3 aromatic rings. The maximum absolute atomic E-state index is 12.7. The van der Waals surface area contributed by atoms with Crippen LogP contribution >= 0.6 is 11.3 Å². The summed E-state index contributed by atoms with van der Waals surface area (Å²) >= 11 is 1.28. The fourth-order valence-electron chi connectivity index (χ4n) is 2.54. The SMILES string of the molecule is Cc1cc(C(=O)NC(C(=O)O)c2cscn2)c2cccc(C)c2n1. The lowest BCUT2D eigenvalue weighted by Crippen LogP contribution is -2.34. The summed E-state index contributed by atoms with van der Waals surface area (Å²) < 4.78 is 0. The second-order valence-electron chi connectivity index (χ2n) is 5.44. The highest BCUT2D eigenvalue weighted by atomic mass is 32.1. The first-order valence-electron chi connectivity index (χ1n) is 7.26. The second kappa shape index (κ2) is 6.37. The quantitative estimate of drug-likeness (QED) is 0.761. The number of aliphatic carboxylic acids is 1. The fraction of sp³-hybridized carbons (Fsp3) is 0.176. The number of hydrogen-bond donors (Lipinski definition) is 2. The number of benzene rings is 1. The van der Waals surface area contributed by atoms with Gasteiger partial charge in [-0.05, 0) is 25.5 Å². The van der Waals surface area contributed by atoms with Gasteiger partial charge < -0.3 is 10.4 Å². The van der Waals surface area contributed by atoms with Crippen molar-refractivity contribution in [3.63, 3.8) is 0 Å². The van der Waals surface area contributed by atoms with Gasteiger partial charge in [0.15, 0.2) is 6.04 Å². The third-order valence-electron chi connectivity index (χ3n) is 3.68. The van der Waals surface area contributed by atoms with E-state index < -0.39 is 17.9 Å². The summed E-state index contributed by atoms with van der Waals surface area (Å²) in [5, 5.41) is 14.2. The van der Waals surface area contributed by atoms with Crippen LogP contribution in [0.3, 0.4) is 0 Å². The number of carboxylic acid groups (broad SMARTS) is 1. The van der Waals surface area contributed by atoms with Crippen molar-refractivity contribution in [2.24, 2.45) is 0 Å². The Kier molecular flexibility index (Phi) is 4.26. The summed E-state index contributed by atoms with van der Waals surface area (Å²) in [6.07, 6.45) is 0. The summed E-state index contributed by atoms with van der Waals surface area (Å²) in [5.41, 5.74) is 4.65. The molecule has 0 spiro atoms. The molecule has 0 aliphatic rings. The molecule has 3 rings (SSSR count). The number of hydrogen-bond acceptors (Lipinski definition) is 5. The van der Waals surface area contributed by atoms with Crippen molar-refractivity contribution < 1.29 is 14.7 Å². The van der Waals surface area contributed by atoms with Gasteiger partial charge in [-0.3, -0.25) is 9.78 Å². The van der Waals surface area contributed by atoms with E-state index in [0.29, 0.717) is 22.3 Å². The molecule has 6 nitrogen and oxygen atoms in total. The zero-order chi connectivity index (χ0) is 17.3. The van der Waals surface area contributed by atoms with Gasteiger partial charge in [0.1, 0.15) is 0 Å². The minimum Gasteiger partial charge on any atom is -0.479 e. The lowest BCUT2D eigenvalue weighted by molar-refractivity contribution is -0.139. The Labute approximate surface area is 142 Å². The number of aromatic nitrogens is 2. The second-order valence-corrected chi connectivity index (χ2v) is 6.16. The zero-order valence-corrected chi connectivity index (χ0v) is 13.9. The number of nitrogens with zero attached hydrogens (tertiary/aromatic N) is 2. The number of rotatable bonds is 4. The summed E-state index contributed by atoms with van der Waals surface area (Å²) in [4.78, 5) is 32.7. The molecule has 0 saturated heterocycles. The predicted octanol–water partition coefficient (Wildman–Crippen LogP) is 2.86. The Bertz CT molecular complexity index is 922. The minimum absolute atomic E-state index is 0.312. The van der Waals surface area contributed by atoms with E-state index in [4.69, 9.17) is 0 Å². The van der Waals surface area contributed by atoms with Crippen molar-refractivity contribution in [3.8, 4) is 0 Å². The van der Waals surface area contributed by atoms with Crippen LogP contribution in [-0.4, -0.2) is 27.0 Å². The molecule has 1 unspecified atom stereocenters. The van der Waals surface area contributed by atoms with E-state index in [0.717, 1.165) is 11.1 Å². The van der Waals surface area contributed by atoms with E-state index in [-0.39, 0.29) is 0 Å². The van der Waals surface area contributed by atoms with Crippen LogP contribution in [0, 0.1) is 13.8 Å². The molecule has 0 radical (unpaired) electrons. The van der Waals surface area contributed by atoms with Gasteiger partial charge in [0, 0.05) is 16.5 Å². The van der Waals surface area contributed by atoms with E-state index in [1.165, 1.54) is 16.8 Å². The van der Waals surface area contributed by atoms with Gasteiger partial charge in [-0.25, -0.2) is 9.78 Å². The molecular formula is C17H15N3O3S. The molecule has 122 valence electrons. The topological polar surface area (TPSA) is 92.2 Å². The number of carbonyl (C=O) groups excluding carboxylic acids is 1. The van der Waals surface area contributed by atoms with Crippen molar-refractivity contribution in [1.82, 2.24) is 15.3 Å². The number of thiazole rings is 1. The zero-order valence-electron chi connectivity index (χ0n) is 13.1. The average molecular weight is 341 g/mol. The molecule has 2 N–H and O–H groups in total. The number of carboxylic acids is 1. The summed E-state index contributed by atoms with van der Waals surface area (Å²) in [6.45, 7) is 3.73. The number of aryl methyl sites for hydroxylation is 2. The van der Waals surface area contributed by atoms with Crippen LogP contribution in [0.15, 0.2) is 35.2 Å². The summed E-state index contributed by atoms with van der Waals surface area (Å²) in [5.74, 6) is -1.61. The van der Waals surface area contributed by atoms with Crippen LogP contribution in [0.2, 0.25) is 0 Å². The predicted molar refractivity (Wildman–Crippen MR) is 91.2 cm³/mol. The van der Waals surface area contributed by atoms with E-state index in [2.05, 4.69) is 15.3 Å². The van der Waals surface area contributed by atoms with Gasteiger partial charge in [-0.15, -0.1) is 11.3 Å². The standard InChI is InChI=1S/C17H15N3O3S/c1-9-4-3-5-11-12(6-10(2)19-14(9)11)16(21)20-15(17(22)23)13-7-24-8-18-13/h3-8,15H,1-2H3,(H,20,21)(H,22,23). The maximum atomic E-state index is 12.7. The minimum atomic E-state index is -1.18. The van der Waals surface area contributed by atoms with Crippen LogP contribution in [0.25, 0.3) is 10.9 Å². The van der Waals surface area contributed by atoms with E-state index in [1.807, 2.05) is 25.1 Å². The Morgan fingerprint density at radius 2 is 2.08 bits per heavy atom. The monoisotopic (exact) mass is 341 g/mol. The van der Waals surface area contributed by atoms with Crippen molar-refractivity contribution in [3.05, 3.63) is 57.7 Å². The highest BCUT2D eigenvalue weighted by molar-refractivity contribution is 7.07. The number of pyridine rings is 1. The van der Waals surface area contributed by atoms with Crippen LogP contribution in [0.5, 0.6) is 0 Å². The molecule has 0 aliphatic carbocycles. The van der Waals surface area contributed by atoms with Crippen LogP contribution in [0.4, 0.5) is 0 Å². The van der Waals surface area contributed by atoms with Crippen molar-refractivity contribution in [2.45, 2.75) is 19.9 Å². The van der Waals surface area contributed by atoms with Crippen molar-refractivity contribution in [2.75, 3.05) is 0 Å². The van der Waals surface area contributed by atoms with E-state index >= 15 is 0 Å². The van der Waals surface area contributed by atoms with Gasteiger partial charge in [0.05, 0.1) is 22.3 Å². The first kappa shape index (κ1) is 16.1. The van der Waals surface area contributed by atoms with E-state index in [9.17, 15) is 14.7 Å². The lowest BCUT2D eigenvalue weighted by atomic mass is 10.0. The molecule has 7 heteroatoms. The van der Waals surface area contributed by atoms with Crippen LogP contribution in [0.1, 0.15) is 33.4 Å². The number of amides is 1. The molecule has 0 aliphatic heterocycles. The summed E-state index contributed by atoms with van der Waals surface area (Å²) in [6, 6.07) is 6.06. The lowest BCUT2D eigenvalue weighted by Gasteiger charge is -2.14. The van der Waals surface area contributed by atoms with Crippen molar-refractivity contribution in [1.29, 1.82) is 0 Å². The smallest absolute Gasteiger partial charge is 0.332 e. The van der Waals surface area contributed by atoms with Crippen LogP contribution in [-0.2, 0) is 4.79 Å². The molecule has 0 fully saturated rings. The largest absolute Gasteiger partial charge is 0.479 e. The average Bonchev–Trinajstić information content (AvgIpc) is 3.06. The van der Waals surface area contributed by atoms with Crippen molar-refractivity contribution >= 4 is 34.1 Å². The first-order chi connectivity index (χ1) is 11.5. The number of fused-ring (bicyclic) bond motifs is 1. The highest BCUT2D eigenvalue weighted by Crippen LogP contribution is 2.22. The molecule has 1 atom stereocenters. The third-order valence-corrected chi connectivity index (χ3v) is 4.29. The maximum Gasteiger partial charge on any atom is 0.332 e.